The number of amidine groups is 1. The molecule has 47 heavy (non-hydrogen) atoms. The van der Waals surface area contributed by atoms with Gasteiger partial charge in [0.25, 0.3) is 0 Å². The van der Waals surface area contributed by atoms with Gasteiger partial charge in [0, 0.05) is 0 Å². The average Bonchev–Trinajstić information content (AvgIpc) is 3.86. The molecule has 1 saturated carbocycles. The molecule has 0 bridgehead atoms. The summed E-state index contributed by atoms with van der Waals surface area (Å²) < 4.78 is 12.5. The van der Waals surface area contributed by atoms with Gasteiger partial charge in [-0.1, -0.05) is 19.3 Å². The van der Waals surface area contributed by atoms with Crippen LogP contribution in [0.25, 0.3) is 0 Å². The molecule has 3 aromatic rings. The number of nitrogens with two attached hydrogens (primary N) is 1. The Labute approximate surface area is 282 Å². The summed E-state index contributed by atoms with van der Waals surface area (Å²) in [6, 6.07) is 18.4. The van der Waals surface area contributed by atoms with Crippen LogP contribution in [-0.4, -0.2) is 63.7 Å². The standard InChI is InChI=1S/C35H41IN6O5/c1-3-46-32(43)18-20-42(31-9-4-6-19-38-31)34(44)26-14-17-28-29(22-26)40-30(36(28)2)23-39-27-15-12-25(13-16-27)33(37)41-35(45)47-21-7-5-8-24-10-11-24/h4,6,9,12-17,19,22,24,39H,3,5,7-8,10-11,18,20-21,23H2,1-2H3,(H2,37,41,45). The molecule has 1 aromatic heterocycles. The fourth-order valence-corrected chi connectivity index (χ4v) is 8.96. The quantitative estimate of drug-likeness (QED) is 0.0443. The molecule has 248 valence electrons. The number of hydrogen-bond acceptors (Lipinski definition) is 8. The molecule has 1 fully saturated rings. The number of halogens is 1. The first-order valence-electron chi connectivity index (χ1n) is 15.9. The summed E-state index contributed by atoms with van der Waals surface area (Å²) in [5, 5.41) is 3.43. The van der Waals surface area contributed by atoms with E-state index in [9.17, 15) is 14.4 Å². The molecule has 0 unspecified atom stereocenters. The van der Waals surface area contributed by atoms with Gasteiger partial charge in [-0.2, -0.15) is 0 Å². The van der Waals surface area contributed by atoms with Crippen LogP contribution in [-0.2, 0) is 14.3 Å². The molecule has 2 aliphatic rings. The molecular formula is C35H41IN6O5. The molecule has 11 nitrogen and oxygen atoms in total. The predicted octanol–water partition coefficient (Wildman–Crippen LogP) is 6.57. The Morgan fingerprint density at radius 2 is 1.83 bits per heavy atom. The van der Waals surface area contributed by atoms with Gasteiger partial charge in [-0.05, 0) is 18.8 Å². The number of aliphatic imine (C=N–C) groups is 2. The minimum absolute atomic E-state index is 0.0626. The predicted molar refractivity (Wildman–Crippen MR) is 193 cm³/mol. The molecule has 3 N–H and O–H groups in total. The zero-order valence-corrected chi connectivity index (χ0v) is 28.9. The van der Waals surface area contributed by atoms with Crippen molar-refractivity contribution in [1.82, 2.24) is 4.98 Å². The molecule has 1 aliphatic carbocycles. The maximum absolute atomic E-state index is 13.7. The third-order valence-electron chi connectivity index (χ3n) is 7.84. The van der Waals surface area contributed by atoms with Gasteiger partial charge in [0.15, 0.2) is 0 Å². The molecule has 12 heteroatoms. The summed E-state index contributed by atoms with van der Waals surface area (Å²) in [4.78, 5) is 54.7. The van der Waals surface area contributed by atoms with Crippen LogP contribution in [0.5, 0.6) is 0 Å². The Hall–Kier alpha value is -4.33. The first-order valence-corrected chi connectivity index (χ1v) is 20.2. The Morgan fingerprint density at radius 1 is 1.04 bits per heavy atom. The second-order valence-corrected chi connectivity index (χ2v) is 16.4. The van der Waals surface area contributed by atoms with E-state index in [4.69, 9.17) is 20.2 Å². The van der Waals surface area contributed by atoms with Gasteiger partial charge >= 0.3 is 245 Å². The van der Waals surface area contributed by atoms with Crippen LogP contribution in [0.4, 0.5) is 22.0 Å². The molecule has 0 spiro atoms. The van der Waals surface area contributed by atoms with E-state index in [-0.39, 0.29) is 37.3 Å². The topological polar surface area (TPSA) is 149 Å². The van der Waals surface area contributed by atoms with Crippen molar-refractivity contribution in [3.8, 4) is 0 Å². The van der Waals surface area contributed by atoms with Gasteiger partial charge in [0.05, 0.1) is 0 Å². The van der Waals surface area contributed by atoms with E-state index in [0.29, 0.717) is 30.1 Å². The molecule has 0 saturated heterocycles. The van der Waals surface area contributed by atoms with Crippen molar-refractivity contribution in [2.24, 2.45) is 21.6 Å². The Bertz CT molecular complexity index is 1630. The number of nitrogens with one attached hydrogen (secondary N) is 1. The van der Waals surface area contributed by atoms with Crippen LogP contribution in [0.15, 0.2) is 76.8 Å². The van der Waals surface area contributed by atoms with Crippen molar-refractivity contribution in [2.75, 3.05) is 41.5 Å². The van der Waals surface area contributed by atoms with Crippen LogP contribution in [0.1, 0.15) is 61.4 Å². The number of amides is 2. The number of fused-ring (bicyclic) bond motifs is 1. The van der Waals surface area contributed by atoms with Gasteiger partial charge in [-0.25, -0.2) is 0 Å². The van der Waals surface area contributed by atoms with Gasteiger partial charge in [0.1, 0.15) is 0 Å². The number of alkyl halides is 1. The summed E-state index contributed by atoms with van der Waals surface area (Å²) in [6.45, 7) is 3.11. The summed E-state index contributed by atoms with van der Waals surface area (Å²) in [7, 11) is 0. The minimum atomic E-state index is -1.74. The number of nitrogens with zero attached hydrogens (tertiary/aromatic N) is 4. The fraction of sp³-hybridized carbons (Fsp3) is 0.371. The normalized spacial score (nSPS) is 14.6. The van der Waals surface area contributed by atoms with E-state index in [2.05, 4.69) is 20.2 Å². The zero-order chi connectivity index (χ0) is 33.2. The fourth-order valence-electron chi connectivity index (χ4n) is 5.08. The number of rotatable bonds is 15. The first-order chi connectivity index (χ1) is 22.8. The van der Waals surface area contributed by atoms with Crippen LogP contribution in [0.2, 0.25) is 0 Å². The Morgan fingerprint density at radius 3 is 2.55 bits per heavy atom. The monoisotopic (exact) mass is 752 g/mol. The molecular weight excluding hydrogens is 711 g/mol. The number of carbonyl (C=O) groups excluding carboxylic acids is 3. The second kappa shape index (κ2) is 16.5. The summed E-state index contributed by atoms with van der Waals surface area (Å²) in [5.41, 5.74) is 8.86. The van der Waals surface area contributed by atoms with Gasteiger partial charge in [0.2, 0.25) is 0 Å². The number of aromatic nitrogens is 1. The number of benzene rings is 2. The zero-order valence-electron chi connectivity index (χ0n) is 26.8. The molecule has 2 heterocycles. The number of ether oxygens (including phenoxy) is 2. The number of esters is 1. The Balaban J connectivity index is 1.17. The van der Waals surface area contributed by atoms with E-state index in [1.807, 2.05) is 42.5 Å². The number of anilines is 2. The number of hydrogen-bond donors (Lipinski definition) is 2. The third kappa shape index (κ3) is 9.60. The maximum atomic E-state index is 13.7. The van der Waals surface area contributed by atoms with Crippen LogP contribution in [0, 0.1) is 9.49 Å². The van der Waals surface area contributed by atoms with Crippen LogP contribution in [0.3, 0.4) is 0 Å². The van der Waals surface area contributed by atoms with Gasteiger partial charge in [-0.3, -0.25) is 0 Å². The number of unbranched alkanes of at least 4 members (excludes halogenated alkanes) is 1. The Kier molecular flexibility index (Phi) is 11.9. The average molecular weight is 753 g/mol. The molecule has 2 amide bonds. The summed E-state index contributed by atoms with van der Waals surface area (Å²) in [6.07, 6.45) is 6.80. The molecule has 1 aliphatic heterocycles. The van der Waals surface area contributed by atoms with Crippen molar-refractivity contribution in [3.63, 3.8) is 0 Å². The van der Waals surface area contributed by atoms with E-state index in [0.717, 1.165) is 33.9 Å². The molecule has 2 aromatic carbocycles. The van der Waals surface area contributed by atoms with Gasteiger partial charge in [-0.15, -0.1) is 0 Å². The SMILES string of the molecule is CCOC(=O)CCN(C(=O)c1ccc2c(c1)N=C(CNc1ccc(/C(N)=N/C(=O)OCCCCC3CC3)cc1)I2C)c1ccccn1. The van der Waals surface area contributed by atoms with Crippen molar-refractivity contribution >= 4 is 64.5 Å². The molecule has 5 rings (SSSR count). The van der Waals surface area contributed by atoms with Crippen molar-refractivity contribution in [2.45, 2.75) is 45.4 Å². The second-order valence-electron chi connectivity index (χ2n) is 11.3. The van der Waals surface area contributed by atoms with Crippen molar-refractivity contribution < 1.29 is 23.9 Å². The van der Waals surface area contributed by atoms with E-state index in [1.54, 1.807) is 31.3 Å². The van der Waals surface area contributed by atoms with E-state index < -0.39 is 25.9 Å². The number of carbonyl (C=O) groups is 3. The molecule has 0 atom stereocenters. The van der Waals surface area contributed by atoms with Crippen LogP contribution >= 0.6 is 19.8 Å². The first kappa shape index (κ1) is 34.0. The number of pyridine rings is 1. The third-order valence-corrected chi connectivity index (χ3v) is 13.0. The molecule has 0 radical (unpaired) electrons. The van der Waals surface area contributed by atoms with Crippen molar-refractivity contribution in [1.29, 1.82) is 0 Å². The van der Waals surface area contributed by atoms with Gasteiger partial charge < -0.3 is 0 Å². The summed E-state index contributed by atoms with van der Waals surface area (Å²) in [5.74, 6) is 0.836. The van der Waals surface area contributed by atoms with E-state index in [1.165, 1.54) is 27.7 Å². The van der Waals surface area contributed by atoms with Crippen LogP contribution < -0.4 is 16.0 Å². The van der Waals surface area contributed by atoms with E-state index >= 15 is 0 Å². The summed E-state index contributed by atoms with van der Waals surface area (Å²) >= 11 is -1.74. The van der Waals surface area contributed by atoms with Crippen molar-refractivity contribution in [3.05, 3.63) is 81.6 Å².